The minimum absolute atomic E-state index is 0.239. The number of amides is 2. The fourth-order valence-corrected chi connectivity index (χ4v) is 6.30. The molecule has 1 aromatic rings. The molecular weight excluding hydrogens is 380 g/mol. The number of urea groups is 1. The van der Waals surface area contributed by atoms with E-state index in [0.29, 0.717) is 6.61 Å². The number of anilines is 1. The predicted octanol–water partition coefficient (Wildman–Crippen LogP) is 1.05. The van der Waals surface area contributed by atoms with Crippen LogP contribution in [0.15, 0.2) is 6.07 Å². The summed E-state index contributed by atoms with van der Waals surface area (Å²) in [5, 5.41) is 3.88. The van der Waals surface area contributed by atoms with Crippen molar-refractivity contribution in [2.45, 2.75) is 56.4 Å². The molecule has 1 aromatic carbocycles. The lowest BCUT2D eigenvalue weighted by Crippen LogP contribution is -2.50. The number of hydrogen-bond donors (Lipinski definition) is 3. The fraction of sp³-hybridized carbons (Fsp3) is 0.632. The molecule has 2 atom stereocenters. The van der Waals surface area contributed by atoms with Crippen LogP contribution in [0.4, 0.5) is 10.5 Å². The maximum atomic E-state index is 12.8. The number of carbonyl (C=O) groups is 1. The van der Waals surface area contributed by atoms with E-state index in [9.17, 15) is 13.2 Å². The summed E-state index contributed by atoms with van der Waals surface area (Å²) in [4.78, 5) is 12.7. The van der Waals surface area contributed by atoms with Gasteiger partial charge in [-0.1, -0.05) is 6.07 Å². The Morgan fingerprint density at radius 2 is 1.82 bits per heavy atom. The SMILES string of the molecule is O=C(Nc1c2c(cc3c1CCC3)CCC2)NS(=O)(=O)C1CNN2CCCOC12. The first kappa shape index (κ1) is 18.4. The molecule has 2 unspecified atom stereocenters. The van der Waals surface area contributed by atoms with Crippen LogP contribution < -0.4 is 15.5 Å². The lowest BCUT2D eigenvalue weighted by molar-refractivity contribution is -0.0867. The molecule has 0 saturated carbocycles. The Labute approximate surface area is 165 Å². The highest BCUT2D eigenvalue weighted by molar-refractivity contribution is 7.90. The molecule has 2 heterocycles. The Balaban J connectivity index is 1.35. The van der Waals surface area contributed by atoms with Crippen molar-refractivity contribution in [1.82, 2.24) is 15.2 Å². The minimum atomic E-state index is -3.87. The summed E-state index contributed by atoms with van der Waals surface area (Å²) < 4.78 is 33.5. The molecule has 8 nitrogen and oxygen atoms in total. The average Bonchev–Trinajstić information content (AvgIpc) is 3.39. The van der Waals surface area contributed by atoms with Gasteiger partial charge in [0.1, 0.15) is 11.5 Å². The van der Waals surface area contributed by atoms with Crippen LogP contribution in [0.1, 0.15) is 41.5 Å². The van der Waals surface area contributed by atoms with Gasteiger partial charge < -0.3 is 10.1 Å². The Hall–Kier alpha value is -1.68. The number of sulfonamides is 1. The number of ether oxygens (including phenoxy) is 1. The van der Waals surface area contributed by atoms with E-state index in [-0.39, 0.29) is 6.54 Å². The van der Waals surface area contributed by atoms with Gasteiger partial charge in [0.15, 0.2) is 0 Å². The van der Waals surface area contributed by atoms with Gasteiger partial charge in [0.25, 0.3) is 0 Å². The Morgan fingerprint density at radius 3 is 2.54 bits per heavy atom. The van der Waals surface area contributed by atoms with Crippen LogP contribution in [-0.2, 0) is 40.4 Å². The highest BCUT2D eigenvalue weighted by Gasteiger charge is 2.45. The van der Waals surface area contributed by atoms with Gasteiger partial charge in [-0.3, -0.25) is 5.43 Å². The molecule has 4 aliphatic rings. The zero-order valence-corrected chi connectivity index (χ0v) is 16.6. The molecule has 5 rings (SSSR count). The molecule has 2 aliphatic heterocycles. The number of fused-ring (bicyclic) bond motifs is 3. The molecular formula is C19H26N4O4S. The molecule has 28 heavy (non-hydrogen) atoms. The minimum Gasteiger partial charge on any atom is -0.360 e. The normalized spacial score (nSPS) is 26.6. The molecule has 2 aliphatic carbocycles. The number of rotatable bonds is 3. The summed E-state index contributed by atoms with van der Waals surface area (Å²) in [6.07, 6.45) is 6.38. The summed E-state index contributed by atoms with van der Waals surface area (Å²) in [6.45, 7) is 1.51. The van der Waals surface area contributed by atoms with Crippen LogP contribution >= 0.6 is 0 Å². The first-order valence-corrected chi connectivity index (χ1v) is 11.7. The number of aryl methyl sites for hydroxylation is 2. The molecule has 0 aromatic heterocycles. The number of hydrogen-bond acceptors (Lipinski definition) is 6. The van der Waals surface area contributed by atoms with Crippen molar-refractivity contribution < 1.29 is 17.9 Å². The first-order chi connectivity index (χ1) is 13.5. The highest BCUT2D eigenvalue weighted by atomic mass is 32.2. The van der Waals surface area contributed by atoms with Crippen molar-refractivity contribution in [2.75, 3.05) is 25.0 Å². The molecule has 2 saturated heterocycles. The van der Waals surface area contributed by atoms with E-state index in [0.717, 1.165) is 57.2 Å². The first-order valence-electron chi connectivity index (χ1n) is 10.1. The third-order valence-electron chi connectivity index (χ3n) is 6.30. The molecule has 2 amide bonds. The lowest BCUT2D eigenvalue weighted by Gasteiger charge is -2.31. The van der Waals surface area contributed by atoms with E-state index in [1.54, 1.807) is 0 Å². The van der Waals surface area contributed by atoms with Crippen LogP contribution in [0.3, 0.4) is 0 Å². The molecule has 0 spiro atoms. The lowest BCUT2D eigenvalue weighted by atomic mass is 9.99. The third-order valence-corrected chi connectivity index (χ3v) is 7.96. The van der Waals surface area contributed by atoms with E-state index < -0.39 is 27.5 Å². The molecule has 0 bridgehead atoms. The molecule has 0 radical (unpaired) electrons. The standard InChI is InChI=1S/C19H26N4O4S/c24-19(22-28(25,26)16-11-20-23-8-3-9-27-18(16)23)21-17-14-6-1-4-12(14)10-13-5-2-7-15(13)17/h10,16,18,20H,1-9,11H2,(H2,21,22,24). The second-order valence-electron chi connectivity index (χ2n) is 8.04. The van der Waals surface area contributed by atoms with Crippen LogP contribution in [0.25, 0.3) is 0 Å². The van der Waals surface area contributed by atoms with Crippen LogP contribution in [0, 0.1) is 0 Å². The topological polar surface area (TPSA) is 99.8 Å². The van der Waals surface area contributed by atoms with Crippen molar-refractivity contribution in [2.24, 2.45) is 0 Å². The number of carbonyl (C=O) groups excluding carboxylic acids is 1. The maximum absolute atomic E-state index is 12.8. The van der Waals surface area contributed by atoms with Crippen LogP contribution in [-0.4, -0.2) is 50.6 Å². The van der Waals surface area contributed by atoms with Crippen molar-refractivity contribution in [1.29, 1.82) is 0 Å². The van der Waals surface area contributed by atoms with Gasteiger partial charge in [-0.2, -0.15) is 0 Å². The Kier molecular flexibility index (Phi) is 4.58. The van der Waals surface area contributed by atoms with Crippen molar-refractivity contribution in [3.63, 3.8) is 0 Å². The van der Waals surface area contributed by atoms with Gasteiger partial charge in [0.2, 0.25) is 10.0 Å². The monoisotopic (exact) mass is 406 g/mol. The van der Waals surface area contributed by atoms with E-state index in [1.165, 1.54) is 22.3 Å². The number of nitrogens with zero attached hydrogens (tertiary/aromatic N) is 1. The van der Waals surface area contributed by atoms with Gasteiger partial charge in [0.05, 0.1) is 6.61 Å². The Bertz CT molecular complexity index is 885. The Morgan fingerprint density at radius 1 is 1.11 bits per heavy atom. The summed E-state index contributed by atoms with van der Waals surface area (Å²) in [5.74, 6) is 0. The highest BCUT2D eigenvalue weighted by Crippen LogP contribution is 2.38. The number of nitrogens with one attached hydrogen (secondary N) is 3. The van der Waals surface area contributed by atoms with Crippen LogP contribution in [0.2, 0.25) is 0 Å². The summed E-state index contributed by atoms with van der Waals surface area (Å²) in [5.41, 5.74) is 8.86. The second kappa shape index (κ2) is 6.98. The van der Waals surface area contributed by atoms with Gasteiger partial charge >= 0.3 is 6.03 Å². The summed E-state index contributed by atoms with van der Waals surface area (Å²) in [6, 6.07) is 1.60. The zero-order valence-electron chi connectivity index (χ0n) is 15.8. The smallest absolute Gasteiger partial charge is 0.332 e. The fourth-order valence-electron chi connectivity index (χ4n) is 5.02. The number of benzene rings is 1. The zero-order chi connectivity index (χ0) is 19.3. The molecule has 3 N–H and O–H groups in total. The molecule has 9 heteroatoms. The van der Waals surface area contributed by atoms with Crippen molar-refractivity contribution in [3.8, 4) is 0 Å². The van der Waals surface area contributed by atoms with E-state index in [4.69, 9.17) is 4.74 Å². The summed E-state index contributed by atoms with van der Waals surface area (Å²) >= 11 is 0. The summed E-state index contributed by atoms with van der Waals surface area (Å²) in [7, 11) is -3.87. The average molecular weight is 407 g/mol. The van der Waals surface area contributed by atoms with E-state index in [1.807, 2.05) is 5.01 Å². The van der Waals surface area contributed by atoms with Gasteiger partial charge in [-0.15, -0.1) is 0 Å². The quantitative estimate of drug-likeness (QED) is 0.694. The second-order valence-corrected chi connectivity index (χ2v) is 9.94. The van der Waals surface area contributed by atoms with Crippen LogP contribution in [0.5, 0.6) is 0 Å². The third kappa shape index (κ3) is 3.10. The van der Waals surface area contributed by atoms with Gasteiger partial charge in [0, 0.05) is 18.8 Å². The van der Waals surface area contributed by atoms with E-state index in [2.05, 4.69) is 21.5 Å². The van der Waals surface area contributed by atoms with Gasteiger partial charge in [-0.05, 0) is 67.2 Å². The van der Waals surface area contributed by atoms with Crippen molar-refractivity contribution >= 4 is 21.7 Å². The maximum Gasteiger partial charge on any atom is 0.332 e. The van der Waals surface area contributed by atoms with Crippen molar-refractivity contribution in [3.05, 3.63) is 28.3 Å². The van der Waals surface area contributed by atoms with E-state index >= 15 is 0 Å². The van der Waals surface area contributed by atoms with Gasteiger partial charge in [-0.25, -0.2) is 22.9 Å². The predicted molar refractivity (Wildman–Crippen MR) is 104 cm³/mol. The molecule has 2 fully saturated rings. The number of hydrazine groups is 1. The largest absolute Gasteiger partial charge is 0.360 e. The molecule has 152 valence electrons.